The van der Waals surface area contributed by atoms with Gasteiger partial charge in [-0.05, 0) is 12.8 Å². The molecule has 0 unspecified atom stereocenters. The molecule has 0 spiro atoms. The molecule has 0 aromatic carbocycles. The lowest BCUT2D eigenvalue weighted by atomic mass is 9.98. The van der Waals surface area contributed by atoms with Crippen LogP contribution in [0.2, 0.25) is 0 Å². The summed E-state index contributed by atoms with van der Waals surface area (Å²) < 4.78 is 0. The van der Waals surface area contributed by atoms with E-state index in [1.54, 1.807) is 17.5 Å². The van der Waals surface area contributed by atoms with Crippen LogP contribution in [0.1, 0.15) is 30.7 Å². The fraction of sp³-hybridized carbons (Fsp3) is 0.600. The van der Waals surface area contributed by atoms with E-state index in [0.717, 1.165) is 30.7 Å². The number of nitrogens with two attached hydrogens (primary N) is 1. The van der Waals surface area contributed by atoms with Gasteiger partial charge in [0.15, 0.2) is 0 Å². The van der Waals surface area contributed by atoms with Crippen LogP contribution in [0.4, 0.5) is 0 Å². The van der Waals surface area contributed by atoms with Gasteiger partial charge in [0.1, 0.15) is 5.01 Å². The van der Waals surface area contributed by atoms with Crippen molar-refractivity contribution in [2.45, 2.75) is 31.2 Å². The van der Waals surface area contributed by atoms with Crippen molar-refractivity contribution >= 4 is 42.1 Å². The first-order valence-electron chi connectivity index (χ1n) is 5.18. The van der Waals surface area contributed by atoms with E-state index in [2.05, 4.69) is 10.3 Å². The second-order valence-corrected chi connectivity index (χ2v) is 4.77. The van der Waals surface area contributed by atoms with E-state index in [-0.39, 0.29) is 42.8 Å². The molecule has 0 bridgehead atoms. The van der Waals surface area contributed by atoms with Crippen molar-refractivity contribution < 1.29 is 4.79 Å². The lowest BCUT2D eigenvalue weighted by Gasteiger charge is -2.27. The average Bonchev–Trinajstić information content (AvgIpc) is 2.87. The number of carbonyl (C=O) groups excluding carboxylic acids is 1. The lowest BCUT2D eigenvalue weighted by Crippen LogP contribution is -2.46. The molecule has 1 saturated carbocycles. The molecule has 1 aromatic heterocycles. The lowest BCUT2D eigenvalue weighted by molar-refractivity contribution is -0.121. The van der Waals surface area contributed by atoms with Crippen molar-refractivity contribution in [2.24, 2.45) is 5.73 Å². The fourth-order valence-corrected chi connectivity index (χ4v) is 3.00. The number of carbonyl (C=O) groups is 1. The molecule has 17 heavy (non-hydrogen) atoms. The highest BCUT2D eigenvalue weighted by Gasteiger charge is 2.38. The van der Waals surface area contributed by atoms with E-state index in [1.807, 2.05) is 5.38 Å². The third-order valence-electron chi connectivity index (χ3n) is 2.86. The first-order valence-corrected chi connectivity index (χ1v) is 6.06. The van der Waals surface area contributed by atoms with E-state index in [4.69, 9.17) is 5.73 Å². The summed E-state index contributed by atoms with van der Waals surface area (Å²) in [5.74, 6) is -0.0906. The zero-order chi connectivity index (χ0) is 10.7. The van der Waals surface area contributed by atoms with Crippen molar-refractivity contribution in [2.75, 3.05) is 6.54 Å². The average molecular weight is 298 g/mol. The molecule has 7 heteroatoms. The van der Waals surface area contributed by atoms with E-state index >= 15 is 0 Å². The van der Waals surface area contributed by atoms with Gasteiger partial charge in [-0.2, -0.15) is 0 Å². The van der Waals surface area contributed by atoms with Crippen molar-refractivity contribution in [3.05, 3.63) is 16.6 Å². The molecule has 1 heterocycles. The van der Waals surface area contributed by atoms with Gasteiger partial charge in [-0.25, -0.2) is 4.98 Å². The van der Waals surface area contributed by atoms with Crippen LogP contribution in [0.15, 0.2) is 11.6 Å². The first kappa shape index (κ1) is 16.6. The maximum absolute atomic E-state index is 11.4. The Bertz CT molecular complexity index is 339. The van der Waals surface area contributed by atoms with Gasteiger partial charge in [0, 0.05) is 11.6 Å². The van der Waals surface area contributed by atoms with E-state index in [9.17, 15) is 4.79 Å². The number of rotatable bonds is 3. The van der Waals surface area contributed by atoms with Gasteiger partial charge in [0.05, 0.1) is 12.1 Å². The number of amides is 1. The maximum atomic E-state index is 11.4. The van der Waals surface area contributed by atoms with Gasteiger partial charge in [-0.3, -0.25) is 4.79 Å². The number of aromatic nitrogens is 1. The predicted octanol–water partition coefficient (Wildman–Crippen LogP) is 1.83. The van der Waals surface area contributed by atoms with Crippen LogP contribution in [-0.4, -0.2) is 17.4 Å². The van der Waals surface area contributed by atoms with Crippen LogP contribution in [0, 0.1) is 0 Å². The standard InChI is InChI=1S/C10H15N3OS.2ClH/c11-7-8(14)13-10(3-1-2-4-10)9-12-5-6-15-9;;/h5-6H,1-4,7,11H2,(H,13,14);2*1H. The Morgan fingerprint density at radius 2 is 2.12 bits per heavy atom. The monoisotopic (exact) mass is 297 g/mol. The summed E-state index contributed by atoms with van der Waals surface area (Å²) in [4.78, 5) is 15.7. The SMILES string of the molecule is Cl.Cl.NCC(=O)NC1(c2nccs2)CCCC1. The minimum Gasteiger partial charge on any atom is -0.343 e. The van der Waals surface area contributed by atoms with Gasteiger partial charge in [0.2, 0.25) is 5.91 Å². The highest BCUT2D eigenvalue weighted by Crippen LogP contribution is 2.39. The molecule has 2 rings (SSSR count). The molecule has 1 aromatic rings. The van der Waals surface area contributed by atoms with Crippen LogP contribution in [0.3, 0.4) is 0 Å². The third-order valence-corrected chi connectivity index (χ3v) is 3.84. The van der Waals surface area contributed by atoms with Gasteiger partial charge in [0.25, 0.3) is 0 Å². The molecule has 98 valence electrons. The van der Waals surface area contributed by atoms with E-state index < -0.39 is 0 Å². The van der Waals surface area contributed by atoms with Gasteiger partial charge in [-0.15, -0.1) is 36.2 Å². The van der Waals surface area contributed by atoms with Gasteiger partial charge < -0.3 is 11.1 Å². The second-order valence-electron chi connectivity index (χ2n) is 3.88. The number of halogens is 2. The largest absolute Gasteiger partial charge is 0.343 e. The molecule has 0 aliphatic heterocycles. The smallest absolute Gasteiger partial charge is 0.234 e. The molecule has 1 fully saturated rings. The summed E-state index contributed by atoms with van der Waals surface area (Å²) >= 11 is 1.60. The molecule has 0 atom stereocenters. The number of nitrogens with one attached hydrogen (secondary N) is 1. The Hall–Kier alpha value is -0.360. The minimum atomic E-state index is -0.232. The van der Waals surface area contributed by atoms with Crippen molar-refractivity contribution in [1.82, 2.24) is 10.3 Å². The van der Waals surface area contributed by atoms with Gasteiger partial charge >= 0.3 is 0 Å². The Morgan fingerprint density at radius 3 is 2.59 bits per heavy atom. The van der Waals surface area contributed by atoms with Crippen LogP contribution >= 0.6 is 36.2 Å². The quantitative estimate of drug-likeness (QED) is 0.894. The van der Waals surface area contributed by atoms with E-state index in [0.29, 0.717) is 0 Å². The van der Waals surface area contributed by atoms with Crippen molar-refractivity contribution in [3.8, 4) is 0 Å². The Morgan fingerprint density at radius 1 is 1.47 bits per heavy atom. The normalized spacial score (nSPS) is 16.8. The van der Waals surface area contributed by atoms with Crippen LogP contribution in [0.5, 0.6) is 0 Å². The molecule has 4 nitrogen and oxygen atoms in total. The highest BCUT2D eigenvalue weighted by molar-refractivity contribution is 7.09. The zero-order valence-corrected chi connectivity index (χ0v) is 11.8. The Balaban J connectivity index is 0.00000128. The van der Waals surface area contributed by atoms with Crippen molar-refractivity contribution in [1.29, 1.82) is 0 Å². The molecule has 3 N–H and O–H groups in total. The maximum Gasteiger partial charge on any atom is 0.234 e. The first-order chi connectivity index (χ1) is 7.27. The molecule has 0 saturated heterocycles. The second kappa shape index (κ2) is 7.16. The third kappa shape index (κ3) is 3.55. The summed E-state index contributed by atoms with van der Waals surface area (Å²) in [7, 11) is 0. The highest BCUT2D eigenvalue weighted by atomic mass is 35.5. The number of hydrogen-bond acceptors (Lipinski definition) is 4. The molecule has 1 amide bonds. The van der Waals surface area contributed by atoms with Crippen LogP contribution < -0.4 is 11.1 Å². The van der Waals surface area contributed by atoms with Crippen LogP contribution in [0.25, 0.3) is 0 Å². The fourth-order valence-electron chi connectivity index (χ4n) is 2.15. The van der Waals surface area contributed by atoms with Crippen LogP contribution in [-0.2, 0) is 10.3 Å². The molecular formula is C10H17Cl2N3OS. The summed E-state index contributed by atoms with van der Waals surface area (Å²) in [6, 6.07) is 0. The molecular weight excluding hydrogens is 281 g/mol. The Labute approximate surface area is 117 Å². The number of hydrogen-bond donors (Lipinski definition) is 2. The molecule has 1 aliphatic carbocycles. The summed E-state index contributed by atoms with van der Waals surface area (Å²) in [6.07, 6.45) is 6.03. The Kier molecular flexibility index (Phi) is 7.01. The topological polar surface area (TPSA) is 68.0 Å². The summed E-state index contributed by atoms with van der Waals surface area (Å²) in [6.45, 7) is 0.0487. The molecule has 1 aliphatic rings. The van der Waals surface area contributed by atoms with E-state index in [1.165, 1.54) is 0 Å². The predicted molar refractivity (Wildman–Crippen MR) is 74.0 cm³/mol. The number of thiazole rings is 1. The summed E-state index contributed by atoms with van der Waals surface area (Å²) in [5.41, 5.74) is 5.10. The van der Waals surface area contributed by atoms with Crippen molar-refractivity contribution in [3.63, 3.8) is 0 Å². The number of nitrogens with zero attached hydrogens (tertiary/aromatic N) is 1. The summed E-state index contributed by atoms with van der Waals surface area (Å²) in [5, 5.41) is 5.99. The van der Waals surface area contributed by atoms with Gasteiger partial charge in [-0.1, -0.05) is 12.8 Å². The minimum absolute atomic E-state index is 0. The molecule has 0 radical (unpaired) electrons. The zero-order valence-electron chi connectivity index (χ0n) is 9.35.